The smallest absolute Gasteiger partial charge is 0.251 e. The molecule has 0 bridgehead atoms. The number of likely N-dealkylation sites (tertiary alicyclic amines) is 1. The van der Waals surface area contributed by atoms with Crippen LogP contribution < -0.4 is 0 Å². The Kier molecular flexibility index (Phi) is 3.69. The zero-order valence-corrected chi connectivity index (χ0v) is 14.3. The summed E-state index contributed by atoms with van der Waals surface area (Å²) in [7, 11) is 0. The molecule has 132 valence electrons. The summed E-state index contributed by atoms with van der Waals surface area (Å²) >= 11 is 0. The molecular weight excluding hydrogens is 318 g/mol. The number of hydrogen-bond acceptors (Lipinski definition) is 5. The second-order valence-corrected chi connectivity index (χ2v) is 7.46. The Morgan fingerprint density at radius 1 is 1.04 bits per heavy atom. The van der Waals surface area contributed by atoms with Gasteiger partial charge in [0.25, 0.3) is 5.91 Å². The number of carbonyl (C=O) groups is 1. The van der Waals surface area contributed by atoms with Crippen molar-refractivity contribution >= 4 is 11.6 Å². The average molecular weight is 341 g/mol. The van der Waals surface area contributed by atoms with Crippen molar-refractivity contribution in [2.45, 2.75) is 56.5 Å². The van der Waals surface area contributed by atoms with Gasteiger partial charge >= 0.3 is 0 Å². The average Bonchev–Trinajstić information content (AvgIpc) is 3.20. The van der Waals surface area contributed by atoms with Crippen LogP contribution in [0.15, 0.2) is 12.1 Å². The van der Waals surface area contributed by atoms with Crippen LogP contribution in [0.5, 0.6) is 0 Å². The topological polar surface area (TPSA) is 72.6 Å². The van der Waals surface area contributed by atoms with Crippen LogP contribution in [0.4, 0.5) is 0 Å². The molecule has 1 unspecified atom stereocenters. The summed E-state index contributed by atoms with van der Waals surface area (Å²) in [6.07, 6.45) is 5.94. The largest absolute Gasteiger partial charge is 0.368 e. The van der Waals surface area contributed by atoms with E-state index < -0.39 is 0 Å². The Morgan fingerprint density at radius 3 is 2.60 bits per heavy atom. The molecule has 0 aromatic carbocycles. The number of amides is 1. The zero-order valence-electron chi connectivity index (χ0n) is 14.3. The Balaban J connectivity index is 1.31. The quantitative estimate of drug-likeness (QED) is 0.852. The molecule has 1 saturated carbocycles. The molecule has 2 aromatic rings. The van der Waals surface area contributed by atoms with Crippen LogP contribution >= 0.6 is 0 Å². The number of hydrogen-bond donors (Lipinski definition) is 0. The van der Waals surface area contributed by atoms with E-state index in [1.165, 1.54) is 12.8 Å². The van der Waals surface area contributed by atoms with Crippen LogP contribution in [0, 0.1) is 0 Å². The molecule has 0 spiro atoms. The van der Waals surface area contributed by atoms with E-state index in [1.54, 1.807) is 0 Å². The van der Waals surface area contributed by atoms with Crippen molar-refractivity contribution in [3.05, 3.63) is 23.7 Å². The van der Waals surface area contributed by atoms with E-state index in [0.717, 1.165) is 55.9 Å². The molecule has 2 aliphatic heterocycles. The number of nitrogens with zero attached hydrogens (tertiary/aromatic N) is 5. The van der Waals surface area contributed by atoms with Gasteiger partial charge < -0.3 is 9.64 Å². The third kappa shape index (κ3) is 2.80. The number of carbonyl (C=O) groups excluding carboxylic acids is 1. The van der Waals surface area contributed by atoms with Crippen LogP contribution in [0.25, 0.3) is 5.65 Å². The van der Waals surface area contributed by atoms with Gasteiger partial charge in [0.05, 0.1) is 5.69 Å². The number of ether oxygens (including phenoxy) is 1. The monoisotopic (exact) mass is 341 g/mol. The minimum Gasteiger partial charge on any atom is -0.368 e. The summed E-state index contributed by atoms with van der Waals surface area (Å²) in [5, 5.41) is 13.5. The third-order valence-electron chi connectivity index (χ3n) is 5.68. The summed E-state index contributed by atoms with van der Waals surface area (Å²) in [6, 6.07) is 4.10. The SMILES string of the molecule is O=C(C1CCCO1)N1CCC(c2nnc3ccc(C4CC4)nn23)CC1. The summed E-state index contributed by atoms with van der Waals surface area (Å²) < 4.78 is 7.46. The number of piperidine rings is 1. The fourth-order valence-corrected chi connectivity index (χ4v) is 4.01. The van der Waals surface area contributed by atoms with Crippen LogP contribution in [0.1, 0.15) is 61.9 Å². The van der Waals surface area contributed by atoms with Gasteiger partial charge in [0.2, 0.25) is 0 Å². The maximum absolute atomic E-state index is 12.5. The first-order valence-corrected chi connectivity index (χ1v) is 9.42. The van der Waals surface area contributed by atoms with Gasteiger partial charge in [0.1, 0.15) is 6.10 Å². The van der Waals surface area contributed by atoms with Gasteiger partial charge in [0.15, 0.2) is 11.5 Å². The van der Waals surface area contributed by atoms with Gasteiger partial charge in [-0.15, -0.1) is 10.2 Å². The third-order valence-corrected chi connectivity index (χ3v) is 5.68. The molecular formula is C18H23N5O2. The van der Waals surface area contributed by atoms with Crippen molar-refractivity contribution < 1.29 is 9.53 Å². The molecule has 2 saturated heterocycles. The fourth-order valence-electron chi connectivity index (χ4n) is 4.01. The molecule has 3 fully saturated rings. The Hall–Kier alpha value is -2.02. The summed E-state index contributed by atoms with van der Waals surface area (Å²) in [5.41, 5.74) is 1.97. The highest BCUT2D eigenvalue weighted by molar-refractivity contribution is 5.81. The Bertz CT molecular complexity index is 786. The lowest BCUT2D eigenvalue weighted by Crippen LogP contribution is -2.43. The summed E-state index contributed by atoms with van der Waals surface area (Å²) in [4.78, 5) is 14.4. The minimum atomic E-state index is -0.215. The highest BCUT2D eigenvalue weighted by atomic mass is 16.5. The van der Waals surface area contributed by atoms with Gasteiger partial charge in [-0.1, -0.05) is 0 Å². The molecule has 1 atom stereocenters. The fraction of sp³-hybridized carbons (Fsp3) is 0.667. The maximum Gasteiger partial charge on any atom is 0.251 e. The second-order valence-electron chi connectivity index (χ2n) is 7.46. The first-order chi connectivity index (χ1) is 12.3. The molecule has 1 aliphatic carbocycles. The van der Waals surface area contributed by atoms with Crippen molar-refractivity contribution in [3.8, 4) is 0 Å². The van der Waals surface area contributed by atoms with Gasteiger partial charge in [-0.25, -0.2) is 0 Å². The van der Waals surface area contributed by atoms with Crippen LogP contribution in [0.3, 0.4) is 0 Å². The lowest BCUT2D eigenvalue weighted by atomic mass is 9.95. The highest BCUT2D eigenvalue weighted by Gasteiger charge is 2.33. The van der Waals surface area contributed by atoms with E-state index in [4.69, 9.17) is 9.84 Å². The van der Waals surface area contributed by atoms with Gasteiger partial charge in [-0.05, 0) is 50.7 Å². The maximum atomic E-state index is 12.5. The molecule has 4 heterocycles. The van der Waals surface area contributed by atoms with Crippen molar-refractivity contribution in [1.82, 2.24) is 24.7 Å². The van der Waals surface area contributed by atoms with E-state index >= 15 is 0 Å². The molecule has 3 aliphatic rings. The normalized spacial score (nSPS) is 25.0. The molecule has 0 radical (unpaired) electrons. The van der Waals surface area contributed by atoms with Crippen LogP contribution in [-0.2, 0) is 9.53 Å². The van der Waals surface area contributed by atoms with E-state index in [2.05, 4.69) is 16.3 Å². The van der Waals surface area contributed by atoms with Crippen molar-refractivity contribution in [3.63, 3.8) is 0 Å². The summed E-state index contributed by atoms with van der Waals surface area (Å²) in [5.74, 6) is 2.04. The first-order valence-electron chi connectivity index (χ1n) is 9.42. The van der Waals surface area contributed by atoms with Gasteiger partial charge in [0, 0.05) is 31.5 Å². The molecule has 2 aromatic heterocycles. The molecule has 5 rings (SSSR count). The van der Waals surface area contributed by atoms with Crippen molar-refractivity contribution in [1.29, 1.82) is 0 Å². The standard InChI is InChI=1S/C18H23N5O2/c24-18(15-2-1-11-25-15)22-9-7-13(8-10-22)17-20-19-16-6-5-14(12-3-4-12)21-23(16)17/h5-6,12-13,15H,1-4,7-11H2. The number of aromatic nitrogens is 4. The number of rotatable bonds is 3. The minimum absolute atomic E-state index is 0.163. The molecule has 7 heteroatoms. The lowest BCUT2D eigenvalue weighted by molar-refractivity contribution is -0.142. The zero-order chi connectivity index (χ0) is 16.8. The van der Waals surface area contributed by atoms with Crippen LogP contribution in [0.2, 0.25) is 0 Å². The molecule has 7 nitrogen and oxygen atoms in total. The lowest BCUT2D eigenvalue weighted by Gasteiger charge is -2.32. The van der Waals surface area contributed by atoms with Crippen molar-refractivity contribution in [2.75, 3.05) is 19.7 Å². The van der Waals surface area contributed by atoms with Crippen molar-refractivity contribution in [2.24, 2.45) is 0 Å². The van der Waals surface area contributed by atoms with Crippen LogP contribution in [-0.4, -0.2) is 56.4 Å². The van der Waals surface area contributed by atoms with Gasteiger partial charge in [-0.3, -0.25) is 4.79 Å². The molecule has 0 N–H and O–H groups in total. The predicted molar refractivity (Wildman–Crippen MR) is 90.3 cm³/mol. The Morgan fingerprint density at radius 2 is 1.88 bits per heavy atom. The first kappa shape index (κ1) is 15.3. The second kappa shape index (κ2) is 6.05. The molecule has 1 amide bonds. The highest BCUT2D eigenvalue weighted by Crippen LogP contribution is 2.39. The molecule has 25 heavy (non-hydrogen) atoms. The van der Waals surface area contributed by atoms with Gasteiger partial charge in [-0.2, -0.15) is 9.61 Å². The summed E-state index contributed by atoms with van der Waals surface area (Å²) in [6.45, 7) is 2.24. The Labute approximate surface area is 146 Å². The number of fused-ring (bicyclic) bond motifs is 1. The van der Waals surface area contributed by atoms with E-state index in [1.807, 2.05) is 15.5 Å². The van der Waals surface area contributed by atoms with E-state index in [9.17, 15) is 4.79 Å². The van der Waals surface area contributed by atoms with E-state index in [0.29, 0.717) is 18.4 Å². The van der Waals surface area contributed by atoms with E-state index in [-0.39, 0.29) is 12.0 Å². The predicted octanol–water partition coefficient (Wildman–Crippen LogP) is 1.89.